The quantitative estimate of drug-likeness (QED) is 0.310. The average Bonchev–Trinajstić information content (AvgIpc) is 2.81. The van der Waals surface area contributed by atoms with Gasteiger partial charge in [0.1, 0.15) is 28.7 Å². The van der Waals surface area contributed by atoms with Crippen LogP contribution in [0.5, 0.6) is 11.5 Å². The molecule has 0 bridgehead atoms. The molecule has 0 aliphatic rings. The molecule has 4 rings (SSSR count). The predicted molar refractivity (Wildman–Crippen MR) is 135 cm³/mol. The number of ether oxygens (including phenoxy) is 1. The first-order valence-corrected chi connectivity index (χ1v) is 11.0. The number of nitrogens with one attached hydrogen (secondary N) is 3. The van der Waals surface area contributed by atoms with Crippen LogP contribution in [0.1, 0.15) is 27.7 Å². The summed E-state index contributed by atoms with van der Waals surface area (Å²) in [5, 5.41) is 9.27. The fourth-order valence-corrected chi connectivity index (χ4v) is 3.09. The molecule has 0 aliphatic carbocycles. The first-order chi connectivity index (χ1) is 16.2. The Morgan fingerprint density at radius 3 is 2.29 bits per heavy atom. The van der Waals surface area contributed by atoms with Crippen molar-refractivity contribution in [2.24, 2.45) is 5.41 Å². The molecule has 0 fully saturated rings. The van der Waals surface area contributed by atoms with Crippen LogP contribution >= 0.6 is 0 Å². The maximum absolute atomic E-state index is 12.2. The Kier molecular flexibility index (Phi) is 6.32. The fraction of sp³-hybridized carbons (Fsp3) is 0.231. The molecule has 0 saturated heterocycles. The number of aromatic nitrogens is 2. The predicted octanol–water partition coefficient (Wildman–Crippen LogP) is 5.20. The van der Waals surface area contributed by atoms with Crippen molar-refractivity contribution < 1.29 is 4.74 Å². The van der Waals surface area contributed by atoms with E-state index in [1.807, 2.05) is 61.5 Å². The largest absolute Gasteiger partial charge is 0.457 e. The van der Waals surface area contributed by atoms with E-state index in [4.69, 9.17) is 4.74 Å². The number of rotatable bonds is 8. The third kappa shape index (κ3) is 5.23. The van der Waals surface area contributed by atoms with Gasteiger partial charge in [0, 0.05) is 24.0 Å². The highest BCUT2D eigenvalue weighted by Gasteiger charge is 2.27. The molecular formula is C26H27N5O3. The third-order valence-electron chi connectivity index (χ3n) is 5.55. The van der Waals surface area contributed by atoms with Gasteiger partial charge in [0.15, 0.2) is 0 Å². The number of nitrogens with zero attached hydrogens (tertiary/aromatic N) is 2. The lowest BCUT2D eigenvalue weighted by atomic mass is 9.87. The Morgan fingerprint density at radius 1 is 0.853 bits per heavy atom. The Bertz CT molecular complexity index is 1360. The lowest BCUT2D eigenvalue weighted by molar-refractivity contribution is 0.359. The molecule has 1 aromatic heterocycles. The van der Waals surface area contributed by atoms with Crippen molar-refractivity contribution in [2.45, 2.75) is 33.7 Å². The topological polar surface area (TPSA) is 105 Å². The lowest BCUT2D eigenvalue weighted by Crippen LogP contribution is -2.41. The molecule has 174 valence electrons. The van der Waals surface area contributed by atoms with Crippen LogP contribution in [-0.4, -0.2) is 16.0 Å². The molecule has 1 heterocycles. The van der Waals surface area contributed by atoms with E-state index in [1.54, 1.807) is 12.3 Å². The first-order valence-electron chi connectivity index (χ1n) is 11.0. The summed E-state index contributed by atoms with van der Waals surface area (Å²) < 4.78 is 5.87. The molecule has 0 saturated carbocycles. The average molecular weight is 458 g/mol. The van der Waals surface area contributed by atoms with Gasteiger partial charge in [-0.2, -0.15) is 4.98 Å². The molecule has 8 nitrogen and oxygen atoms in total. The standard InChI is InChI=1S/C26H27N5O3/c1-16(26(2,3)4)28-21-22(24(33)23(21)32)30-20-13-14-27-25(31-20)29-17-9-8-12-19(15-17)34-18-10-6-5-7-11-18/h5-16,28H,1-4H3,(H2,27,29,30,31)/t16-/m1/s1. The molecule has 0 radical (unpaired) electrons. The van der Waals surface area contributed by atoms with Gasteiger partial charge in [-0.25, -0.2) is 4.98 Å². The normalized spacial score (nSPS) is 12.2. The molecule has 8 heteroatoms. The highest BCUT2D eigenvalue weighted by Crippen LogP contribution is 2.27. The van der Waals surface area contributed by atoms with E-state index in [0.29, 0.717) is 17.5 Å². The van der Waals surface area contributed by atoms with E-state index < -0.39 is 10.9 Å². The molecule has 4 aromatic rings. The van der Waals surface area contributed by atoms with Crippen LogP contribution in [-0.2, 0) is 0 Å². The zero-order chi connectivity index (χ0) is 24.3. The fourth-order valence-electron chi connectivity index (χ4n) is 3.09. The molecule has 34 heavy (non-hydrogen) atoms. The van der Waals surface area contributed by atoms with Gasteiger partial charge in [-0.1, -0.05) is 45.0 Å². The van der Waals surface area contributed by atoms with Crippen LogP contribution in [0.3, 0.4) is 0 Å². The van der Waals surface area contributed by atoms with Crippen molar-refractivity contribution in [3.8, 4) is 11.5 Å². The molecule has 0 amide bonds. The summed E-state index contributed by atoms with van der Waals surface area (Å²) in [6.07, 6.45) is 1.57. The van der Waals surface area contributed by atoms with Crippen molar-refractivity contribution in [3.63, 3.8) is 0 Å². The minimum atomic E-state index is -0.567. The van der Waals surface area contributed by atoms with Crippen molar-refractivity contribution in [2.75, 3.05) is 16.0 Å². The zero-order valence-electron chi connectivity index (χ0n) is 19.5. The number of hydrogen-bond donors (Lipinski definition) is 3. The summed E-state index contributed by atoms with van der Waals surface area (Å²) in [7, 11) is 0. The van der Waals surface area contributed by atoms with E-state index in [2.05, 4.69) is 46.7 Å². The molecule has 3 aromatic carbocycles. The van der Waals surface area contributed by atoms with Gasteiger partial charge in [-0.3, -0.25) is 9.59 Å². The second-order valence-corrected chi connectivity index (χ2v) is 9.10. The van der Waals surface area contributed by atoms with Crippen molar-refractivity contribution in [1.29, 1.82) is 0 Å². The van der Waals surface area contributed by atoms with Crippen molar-refractivity contribution in [1.82, 2.24) is 9.97 Å². The Balaban J connectivity index is 1.48. The summed E-state index contributed by atoms with van der Waals surface area (Å²) in [6.45, 7) is 8.16. The highest BCUT2D eigenvalue weighted by atomic mass is 16.5. The summed E-state index contributed by atoms with van der Waals surface area (Å²) in [6, 6.07) is 18.5. The monoisotopic (exact) mass is 457 g/mol. The minimum Gasteiger partial charge on any atom is -0.457 e. The Hall–Kier alpha value is -4.20. The number of anilines is 5. The van der Waals surface area contributed by atoms with Crippen molar-refractivity contribution in [3.05, 3.63) is 87.3 Å². The maximum atomic E-state index is 12.2. The van der Waals surface area contributed by atoms with E-state index >= 15 is 0 Å². The van der Waals surface area contributed by atoms with Gasteiger partial charge in [-0.05, 0) is 42.7 Å². The van der Waals surface area contributed by atoms with E-state index in [0.717, 1.165) is 11.4 Å². The molecule has 0 spiro atoms. The van der Waals surface area contributed by atoms with Crippen LogP contribution in [0.4, 0.5) is 28.8 Å². The molecule has 3 N–H and O–H groups in total. The summed E-state index contributed by atoms with van der Waals surface area (Å²) in [5.41, 5.74) is 0.0574. The first kappa shape index (κ1) is 23.0. The zero-order valence-corrected chi connectivity index (χ0v) is 19.5. The number of hydrogen-bond acceptors (Lipinski definition) is 8. The van der Waals surface area contributed by atoms with Crippen LogP contribution in [0, 0.1) is 5.41 Å². The van der Waals surface area contributed by atoms with E-state index in [1.165, 1.54) is 0 Å². The highest BCUT2D eigenvalue weighted by molar-refractivity contribution is 5.78. The van der Waals surface area contributed by atoms with Gasteiger partial charge in [0.2, 0.25) is 5.95 Å². The van der Waals surface area contributed by atoms with Gasteiger partial charge >= 0.3 is 0 Å². The maximum Gasteiger partial charge on any atom is 0.253 e. The lowest BCUT2D eigenvalue weighted by Gasteiger charge is -2.30. The van der Waals surface area contributed by atoms with E-state index in [-0.39, 0.29) is 22.8 Å². The summed E-state index contributed by atoms with van der Waals surface area (Å²) in [4.78, 5) is 33.0. The second-order valence-electron chi connectivity index (χ2n) is 9.10. The third-order valence-corrected chi connectivity index (χ3v) is 5.55. The van der Waals surface area contributed by atoms with Crippen LogP contribution in [0.15, 0.2) is 76.4 Å². The van der Waals surface area contributed by atoms with Gasteiger partial charge in [0.05, 0.1) is 0 Å². The van der Waals surface area contributed by atoms with Crippen LogP contribution < -0.4 is 31.5 Å². The number of para-hydroxylation sites is 1. The molecule has 0 aliphatic heterocycles. The minimum absolute atomic E-state index is 0.00985. The second kappa shape index (κ2) is 9.35. The SMILES string of the molecule is C[C@@H](Nc1c(Nc2ccnc(Nc3cccc(Oc4ccccc4)c3)n2)c(=O)c1=O)C(C)(C)C. The summed E-state index contributed by atoms with van der Waals surface area (Å²) in [5.74, 6) is 2.13. The van der Waals surface area contributed by atoms with Crippen LogP contribution in [0.2, 0.25) is 0 Å². The Morgan fingerprint density at radius 2 is 1.56 bits per heavy atom. The van der Waals surface area contributed by atoms with Crippen LogP contribution in [0.25, 0.3) is 0 Å². The van der Waals surface area contributed by atoms with Gasteiger partial charge < -0.3 is 20.7 Å². The van der Waals surface area contributed by atoms with Gasteiger partial charge in [-0.15, -0.1) is 0 Å². The molecule has 0 unspecified atom stereocenters. The summed E-state index contributed by atoms with van der Waals surface area (Å²) >= 11 is 0. The van der Waals surface area contributed by atoms with E-state index in [9.17, 15) is 9.59 Å². The Labute approximate surface area is 197 Å². The number of benzene rings is 2. The molecule has 1 atom stereocenters. The molecular weight excluding hydrogens is 430 g/mol. The van der Waals surface area contributed by atoms with Crippen molar-refractivity contribution >= 4 is 28.8 Å². The van der Waals surface area contributed by atoms with Gasteiger partial charge in [0.25, 0.3) is 10.9 Å². The smallest absolute Gasteiger partial charge is 0.253 e.